The number of likely N-dealkylation sites (N-methyl/N-ethyl adjacent to an activating group) is 1. The first-order chi connectivity index (χ1) is 9.55. The fourth-order valence-corrected chi connectivity index (χ4v) is 4.44. The number of ether oxygens (including phenoxy) is 1. The normalized spacial score (nSPS) is 25.2. The molecule has 1 aliphatic carbocycles. The maximum atomic E-state index is 12.5. The van der Waals surface area contributed by atoms with Gasteiger partial charge in [-0.05, 0) is 31.6 Å². The lowest BCUT2D eigenvalue weighted by Crippen LogP contribution is -2.50. The molecule has 1 heterocycles. The number of hydrogen-bond donors (Lipinski definition) is 0. The number of hydrogen-bond acceptors (Lipinski definition) is 3. The Morgan fingerprint density at radius 1 is 1.30 bits per heavy atom. The van der Waals surface area contributed by atoms with Gasteiger partial charge in [-0.3, -0.25) is 0 Å². The first-order valence-electron chi connectivity index (χ1n) is 7.42. The van der Waals surface area contributed by atoms with Crippen LogP contribution in [-0.4, -0.2) is 62.3 Å². The van der Waals surface area contributed by atoms with Crippen LogP contribution in [-0.2, 0) is 14.9 Å². The number of halogens is 1. The molecule has 0 amide bonds. The van der Waals surface area contributed by atoms with Crippen molar-refractivity contribution in [3.63, 3.8) is 0 Å². The van der Waals surface area contributed by atoms with Crippen molar-refractivity contribution >= 4 is 21.8 Å². The molecule has 2 aliphatic rings. The van der Waals surface area contributed by atoms with E-state index in [9.17, 15) is 8.42 Å². The fraction of sp³-hybridized carbons (Fsp3) is 1.00. The SMILES string of the molecule is CN(CCOCC1CC1)S(=O)(=O)N1CCCCC1CCl. The third-order valence-electron chi connectivity index (χ3n) is 4.04. The van der Waals surface area contributed by atoms with E-state index >= 15 is 0 Å². The first kappa shape index (κ1) is 16.5. The standard InChI is InChI=1S/C13H25ClN2O3S/c1-15(8-9-19-11-12-5-6-12)20(17,18)16-7-3-2-4-13(16)10-14/h12-13H,2-11H2,1H3. The zero-order valence-corrected chi connectivity index (χ0v) is 13.7. The molecule has 0 spiro atoms. The van der Waals surface area contributed by atoms with Gasteiger partial charge in [0.15, 0.2) is 0 Å². The van der Waals surface area contributed by atoms with Gasteiger partial charge in [-0.25, -0.2) is 0 Å². The van der Waals surface area contributed by atoms with E-state index in [0.717, 1.165) is 25.9 Å². The monoisotopic (exact) mass is 324 g/mol. The molecule has 2 fully saturated rings. The van der Waals surface area contributed by atoms with Gasteiger partial charge in [0.05, 0.1) is 6.61 Å². The van der Waals surface area contributed by atoms with Crippen molar-refractivity contribution in [2.24, 2.45) is 5.92 Å². The summed E-state index contributed by atoms with van der Waals surface area (Å²) >= 11 is 5.91. The Labute approximate surface area is 127 Å². The van der Waals surface area contributed by atoms with Crippen LogP contribution in [0.15, 0.2) is 0 Å². The number of piperidine rings is 1. The molecule has 0 bridgehead atoms. The minimum atomic E-state index is -3.41. The molecule has 5 nitrogen and oxygen atoms in total. The van der Waals surface area contributed by atoms with Crippen molar-refractivity contribution in [1.82, 2.24) is 8.61 Å². The molecule has 1 aliphatic heterocycles. The lowest BCUT2D eigenvalue weighted by molar-refractivity contribution is 0.115. The first-order valence-corrected chi connectivity index (χ1v) is 9.35. The fourth-order valence-electron chi connectivity index (χ4n) is 2.45. The van der Waals surface area contributed by atoms with Gasteiger partial charge in [0.25, 0.3) is 10.2 Å². The maximum absolute atomic E-state index is 12.5. The predicted molar refractivity (Wildman–Crippen MR) is 80.2 cm³/mol. The Bertz CT molecular complexity index is 400. The smallest absolute Gasteiger partial charge is 0.282 e. The second kappa shape index (κ2) is 7.40. The van der Waals surface area contributed by atoms with Crippen LogP contribution in [0.25, 0.3) is 0 Å². The van der Waals surface area contributed by atoms with Crippen LogP contribution in [0.2, 0.25) is 0 Å². The van der Waals surface area contributed by atoms with E-state index in [-0.39, 0.29) is 6.04 Å². The molecule has 1 saturated carbocycles. The van der Waals surface area contributed by atoms with Gasteiger partial charge in [0.1, 0.15) is 0 Å². The minimum Gasteiger partial charge on any atom is -0.380 e. The van der Waals surface area contributed by atoms with E-state index in [1.165, 1.54) is 17.1 Å². The van der Waals surface area contributed by atoms with Crippen molar-refractivity contribution < 1.29 is 13.2 Å². The van der Waals surface area contributed by atoms with E-state index in [1.807, 2.05) is 0 Å². The predicted octanol–water partition coefficient (Wildman–Crippen LogP) is 1.68. The second-order valence-corrected chi connectivity index (χ2v) is 8.06. The molecule has 0 N–H and O–H groups in total. The third-order valence-corrected chi connectivity index (χ3v) is 6.44. The van der Waals surface area contributed by atoms with Gasteiger partial charge in [0.2, 0.25) is 0 Å². The highest BCUT2D eigenvalue weighted by Crippen LogP contribution is 2.28. The molecule has 1 unspecified atom stereocenters. The van der Waals surface area contributed by atoms with Crippen LogP contribution in [0.3, 0.4) is 0 Å². The van der Waals surface area contributed by atoms with Crippen LogP contribution in [0, 0.1) is 5.92 Å². The van der Waals surface area contributed by atoms with E-state index in [1.54, 1.807) is 11.4 Å². The molecule has 7 heteroatoms. The molecule has 1 saturated heterocycles. The maximum Gasteiger partial charge on any atom is 0.282 e. The van der Waals surface area contributed by atoms with Crippen molar-refractivity contribution in [3.8, 4) is 0 Å². The van der Waals surface area contributed by atoms with E-state index in [2.05, 4.69) is 0 Å². The van der Waals surface area contributed by atoms with Gasteiger partial charge in [-0.2, -0.15) is 17.0 Å². The van der Waals surface area contributed by atoms with E-state index in [4.69, 9.17) is 16.3 Å². The summed E-state index contributed by atoms with van der Waals surface area (Å²) in [6.45, 7) is 2.21. The summed E-state index contributed by atoms with van der Waals surface area (Å²) in [7, 11) is -1.79. The minimum absolute atomic E-state index is 0.0646. The summed E-state index contributed by atoms with van der Waals surface area (Å²) in [5.74, 6) is 1.07. The average molecular weight is 325 g/mol. The number of rotatable bonds is 8. The summed E-state index contributed by atoms with van der Waals surface area (Å²) in [6, 6.07) is -0.0646. The lowest BCUT2D eigenvalue weighted by atomic mass is 10.1. The topological polar surface area (TPSA) is 49.9 Å². The van der Waals surface area contributed by atoms with Gasteiger partial charge in [-0.15, -0.1) is 11.6 Å². The average Bonchev–Trinajstić information content (AvgIpc) is 3.27. The van der Waals surface area contributed by atoms with Crippen LogP contribution in [0.5, 0.6) is 0 Å². The van der Waals surface area contributed by atoms with Crippen LogP contribution in [0.1, 0.15) is 32.1 Å². The van der Waals surface area contributed by atoms with Crippen LogP contribution in [0.4, 0.5) is 0 Å². The molecular formula is C13H25ClN2O3S. The van der Waals surface area contributed by atoms with Crippen molar-refractivity contribution in [3.05, 3.63) is 0 Å². The Morgan fingerprint density at radius 3 is 2.70 bits per heavy atom. The zero-order valence-electron chi connectivity index (χ0n) is 12.1. The van der Waals surface area contributed by atoms with Gasteiger partial charge >= 0.3 is 0 Å². The van der Waals surface area contributed by atoms with Gasteiger partial charge < -0.3 is 4.74 Å². The highest BCUT2D eigenvalue weighted by atomic mass is 35.5. The Hall–Kier alpha value is 0.120. The summed E-state index contributed by atoms with van der Waals surface area (Å²) in [5, 5.41) is 0. The highest BCUT2D eigenvalue weighted by molar-refractivity contribution is 7.86. The van der Waals surface area contributed by atoms with Crippen molar-refractivity contribution in [1.29, 1.82) is 0 Å². The van der Waals surface area contributed by atoms with Crippen LogP contribution >= 0.6 is 11.6 Å². The Balaban J connectivity index is 1.82. The second-order valence-electron chi connectivity index (χ2n) is 5.76. The van der Waals surface area contributed by atoms with Crippen molar-refractivity contribution in [2.75, 3.05) is 39.2 Å². The molecule has 0 aromatic rings. The summed E-state index contributed by atoms with van der Waals surface area (Å²) < 4.78 is 33.5. The van der Waals surface area contributed by atoms with E-state index in [0.29, 0.717) is 31.5 Å². The summed E-state index contributed by atoms with van der Waals surface area (Å²) in [6.07, 6.45) is 5.32. The Morgan fingerprint density at radius 2 is 2.05 bits per heavy atom. The molecule has 1 atom stereocenters. The molecule has 20 heavy (non-hydrogen) atoms. The summed E-state index contributed by atoms with van der Waals surface area (Å²) in [5.41, 5.74) is 0. The summed E-state index contributed by atoms with van der Waals surface area (Å²) in [4.78, 5) is 0. The molecule has 0 aromatic heterocycles. The quantitative estimate of drug-likeness (QED) is 0.504. The third kappa shape index (κ3) is 4.31. The molecule has 0 radical (unpaired) electrons. The van der Waals surface area contributed by atoms with E-state index < -0.39 is 10.2 Å². The molecule has 0 aromatic carbocycles. The molecule has 118 valence electrons. The largest absolute Gasteiger partial charge is 0.380 e. The highest BCUT2D eigenvalue weighted by Gasteiger charge is 2.34. The molecule has 2 rings (SSSR count). The van der Waals surface area contributed by atoms with Gasteiger partial charge in [-0.1, -0.05) is 6.42 Å². The lowest BCUT2D eigenvalue weighted by Gasteiger charge is -2.36. The van der Waals surface area contributed by atoms with Crippen LogP contribution < -0.4 is 0 Å². The van der Waals surface area contributed by atoms with Gasteiger partial charge in [0, 0.05) is 38.7 Å². The van der Waals surface area contributed by atoms with Crippen molar-refractivity contribution in [2.45, 2.75) is 38.1 Å². The number of alkyl halides is 1. The zero-order chi connectivity index (χ0) is 14.6. The number of nitrogens with zero attached hydrogens (tertiary/aromatic N) is 2. The molecular weight excluding hydrogens is 300 g/mol. The Kier molecular flexibility index (Phi) is 6.10.